The minimum atomic E-state index is 0.539. The highest BCUT2D eigenvalue weighted by Crippen LogP contribution is 2.44. The lowest BCUT2D eigenvalue weighted by atomic mass is 10.0. The molecule has 0 saturated heterocycles. The van der Waals surface area contributed by atoms with Crippen molar-refractivity contribution in [2.24, 2.45) is 0 Å². The van der Waals surface area contributed by atoms with Crippen LogP contribution in [0.1, 0.15) is 45.3 Å². The van der Waals surface area contributed by atoms with Gasteiger partial charge in [0.05, 0.1) is 10.6 Å². The van der Waals surface area contributed by atoms with Crippen LogP contribution in [-0.2, 0) is 13.0 Å². The molecule has 20 heavy (non-hydrogen) atoms. The summed E-state index contributed by atoms with van der Waals surface area (Å²) < 4.78 is 0. The van der Waals surface area contributed by atoms with E-state index in [1.54, 1.807) is 11.3 Å². The predicted molar refractivity (Wildman–Crippen MR) is 80.7 cm³/mol. The summed E-state index contributed by atoms with van der Waals surface area (Å²) in [7, 11) is 0. The Kier molecular flexibility index (Phi) is 2.84. The van der Waals surface area contributed by atoms with Crippen LogP contribution in [0.15, 0.2) is 24.3 Å². The Bertz CT molecular complexity index is 660. The molecule has 3 nitrogen and oxygen atoms in total. The van der Waals surface area contributed by atoms with E-state index < -0.39 is 0 Å². The number of rotatable bonds is 3. The number of nitrogens with zero attached hydrogens (tertiary/aromatic N) is 2. The van der Waals surface area contributed by atoms with E-state index in [1.807, 2.05) is 0 Å². The van der Waals surface area contributed by atoms with Gasteiger partial charge in [0, 0.05) is 19.0 Å². The average molecular weight is 284 g/mol. The molecular formula is C16H16N2OS. The zero-order valence-electron chi connectivity index (χ0n) is 11.2. The van der Waals surface area contributed by atoms with Gasteiger partial charge in [-0.1, -0.05) is 35.6 Å². The number of fused-ring (bicyclic) bond motifs is 1. The van der Waals surface area contributed by atoms with Crippen LogP contribution in [0.25, 0.3) is 0 Å². The van der Waals surface area contributed by atoms with Gasteiger partial charge < -0.3 is 4.90 Å². The van der Waals surface area contributed by atoms with Crippen molar-refractivity contribution in [3.63, 3.8) is 0 Å². The van der Waals surface area contributed by atoms with Gasteiger partial charge in [-0.05, 0) is 30.4 Å². The molecule has 1 aromatic heterocycles. The Hall–Kier alpha value is -1.68. The lowest BCUT2D eigenvalue weighted by molar-refractivity contribution is 0.112. The van der Waals surface area contributed by atoms with Crippen LogP contribution < -0.4 is 4.90 Å². The Morgan fingerprint density at radius 2 is 2.05 bits per heavy atom. The van der Waals surface area contributed by atoms with Crippen molar-refractivity contribution in [2.75, 3.05) is 11.4 Å². The molecule has 1 saturated carbocycles. The molecule has 4 rings (SSSR count). The molecule has 0 bridgehead atoms. The fraction of sp³-hybridized carbons (Fsp3) is 0.375. The number of aldehydes is 1. The number of aromatic nitrogens is 1. The zero-order chi connectivity index (χ0) is 13.5. The molecule has 2 heterocycles. The van der Waals surface area contributed by atoms with Gasteiger partial charge in [-0.2, -0.15) is 0 Å². The molecule has 1 aromatic carbocycles. The number of hydrogen-bond donors (Lipinski definition) is 0. The van der Waals surface area contributed by atoms with E-state index in [0.717, 1.165) is 41.5 Å². The van der Waals surface area contributed by atoms with Crippen LogP contribution in [0.3, 0.4) is 0 Å². The Morgan fingerprint density at radius 3 is 2.80 bits per heavy atom. The standard InChI is InChI=1S/C16H16N2OS/c19-10-14-15(12-5-6-12)17-16(20-14)18-8-7-11-3-1-2-4-13(11)9-18/h1-4,10,12H,5-9H2. The first-order valence-corrected chi connectivity index (χ1v) is 7.94. The second kappa shape index (κ2) is 4.70. The Morgan fingerprint density at radius 1 is 1.25 bits per heavy atom. The first-order chi connectivity index (χ1) is 9.85. The van der Waals surface area contributed by atoms with E-state index in [2.05, 4.69) is 29.2 Å². The molecule has 4 heteroatoms. The summed E-state index contributed by atoms with van der Waals surface area (Å²) in [6.07, 6.45) is 4.41. The van der Waals surface area contributed by atoms with Gasteiger partial charge in [0.25, 0.3) is 0 Å². The highest BCUT2D eigenvalue weighted by molar-refractivity contribution is 7.17. The molecule has 102 valence electrons. The number of thiazole rings is 1. The van der Waals surface area contributed by atoms with Gasteiger partial charge in [-0.3, -0.25) is 4.79 Å². The molecule has 0 unspecified atom stereocenters. The smallest absolute Gasteiger partial charge is 0.186 e. The maximum Gasteiger partial charge on any atom is 0.186 e. The Balaban J connectivity index is 1.64. The summed E-state index contributed by atoms with van der Waals surface area (Å²) in [6.45, 7) is 1.90. The first kappa shape index (κ1) is 12.1. The molecular weight excluding hydrogens is 268 g/mol. The van der Waals surface area contributed by atoms with Crippen molar-refractivity contribution < 1.29 is 4.79 Å². The van der Waals surface area contributed by atoms with Crippen LogP contribution in [0.5, 0.6) is 0 Å². The molecule has 2 aromatic rings. The Labute approximate surface area is 122 Å². The minimum absolute atomic E-state index is 0.539. The zero-order valence-corrected chi connectivity index (χ0v) is 12.0. The number of carbonyl (C=O) groups excluding carboxylic acids is 1. The number of anilines is 1. The average Bonchev–Trinajstić information content (AvgIpc) is 3.26. The SMILES string of the molecule is O=Cc1sc(N2CCc3ccccc3C2)nc1C1CC1. The van der Waals surface area contributed by atoms with Crippen LogP contribution in [0.2, 0.25) is 0 Å². The van der Waals surface area contributed by atoms with E-state index >= 15 is 0 Å². The molecule has 0 amide bonds. The molecule has 1 fully saturated rings. The molecule has 0 radical (unpaired) electrons. The van der Waals surface area contributed by atoms with Crippen molar-refractivity contribution in [1.82, 2.24) is 4.98 Å². The van der Waals surface area contributed by atoms with Gasteiger partial charge >= 0.3 is 0 Å². The lowest BCUT2D eigenvalue weighted by Gasteiger charge is -2.28. The van der Waals surface area contributed by atoms with Crippen LogP contribution in [0.4, 0.5) is 5.13 Å². The number of benzene rings is 1. The van der Waals surface area contributed by atoms with Crippen LogP contribution in [0, 0.1) is 0 Å². The summed E-state index contributed by atoms with van der Waals surface area (Å²) in [5.74, 6) is 0.539. The van der Waals surface area contributed by atoms with E-state index in [0.29, 0.717) is 5.92 Å². The fourth-order valence-electron chi connectivity index (χ4n) is 2.86. The van der Waals surface area contributed by atoms with Gasteiger partial charge in [0.2, 0.25) is 0 Å². The molecule has 2 aliphatic rings. The first-order valence-electron chi connectivity index (χ1n) is 7.13. The van der Waals surface area contributed by atoms with Crippen LogP contribution in [-0.4, -0.2) is 17.8 Å². The predicted octanol–water partition coefficient (Wildman–Crippen LogP) is 3.40. The molecule has 1 aliphatic carbocycles. The molecule has 0 atom stereocenters. The van der Waals surface area contributed by atoms with Crippen molar-refractivity contribution in [3.05, 3.63) is 46.0 Å². The molecule has 0 spiro atoms. The van der Waals surface area contributed by atoms with Crippen molar-refractivity contribution in [2.45, 2.75) is 31.7 Å². The third kappa shape index (κ3) is 2.04. The second-order valence-electron chi connectivity index (χ2n) is 5.58. The molecule has 1 aliphatic heterocycles. The van der Waals surface area contributed by atoms with E-state index in [4.69, 9.17) is 4.98 Å². The normalized spacial score (nSPS) is 17.9. The summed E-state index contributed by atoms with van der Waals surface area (Å²) in [5.41, 5.74) is 3.87. The van der Waals surface area contributed by atoms with Crippen molar-refractivity contribution in [3.8, 4) is 0 Å². The largest absolute Gasteiger partial charge is 0.343 e. The summed E-state index contributed by atoms with van der Waals surface area (Å²) >= 11 is 1.56. The quantitative estimate of drug-likeness (QED) is 0.810. The maximum atomic E-state index is 11.2. The second-order valence-corrected chi connectivity index (χ2v) is 6.59. The summed E-state index contributed by atoms with van der Waals surface area (Å²) in [5, 5.41) is 1.02. The summed E-state index contributed by atoms with van der Waals surface area (Å²) in [4.78, 5) is 19.1. The maximum absolute atomic E-state index is 11.2. The fourth-order valence-corrected chi connectivity index (χ4v) is 3.85. The number of hydrogen-bond acceptors (Lipinski definition) is 4. The van der Waals surface area contributed by atoms with Gasteiger partial charge in [0.15, 0.2) is 11.4 Å². The third-order valence-electron chi connectivity index (χ3n) is 4.14. The topological polar surface area (TPSA) is 33.2 Å². The van der Waals surface area contributed by atoms with Gasteiger partial charge in [-0.15, -0.1) is 0 Å². The van der Waals surface area contributed by atoms with E-state index in [9.17, 15) is 4.79 Å². The number of carbonyl (C=O) groups is 1. The van der Waals surface area contributed by atoms with E-state index in [1.165, 1.54) is 24.0 Å². The van der Waals surface area contributed by atoms with Crippen molar-refractivity contribution >= 4 is 22.8 Å². The van der Waals surface area contributed by atoms with Gasteiger partial charge in [-0.25, -0.2) is 4.98 Å². The lowest BCUT2D eigenvalue weighted by Crippen LogP contribution is -2.30. The molecule has 0 N–H and O–H groups in total. The monoisotopic (exact) mass is 284 g/mol. The summed E-state index contributed by atoms with van der Waals surface area (Å²) in [6, 6.07) is 8.60. The highest BCUT2D eigenvalue weighted by atomic mass is 32.1. The van der Waals surface area contributed by atoms with Crippen LogP contribution >= 0.6 is 11.3 Å². The van der Waals surface area contributed by atoms with Crippen molar-refractivity contribution in [1.29, 1.82) is 0 Å². The van der Waals surface area contributed by atoms with Gasteiger partial charge in [0.1, 0.15) is 0 Å². The van der Waals surface area contributed by atoms with E-state index in [-0.39, 0.29) is 0 Å². The highest BCUT2D eigenvalue weighted by Gasteiger charge is 2.31. The minimum Gasteiger partial charge on any atom is -0.343 e. The third-order valence-corrected chi connectivity index (χ3v) is 5.20.